The van der Waals surface area contributed by atoms with Gasteiger partial charge in [-0.2, -0.15) is 5.10 Å². The summed E-state index contributed by atoms with van der Waals surface area (Å²) in [7, 11) is 0. The first-order valence-corrected chi connectivity index (χ1v) is 5.35. The Bertz CT molecular complexity index is 566. The third-order valence-corrected chi connectivity index (χ3v) is 2.49. The number of nitrogens with zero attached hydrogens (tertiary/aromatic N) is 3. The Morgan fingerprint density at radius 3 is 2.82 bits per heavy atom. The van der Waals surface area contributed by atoms with E-state index >= 15 is 0 Å². The van der Waals surface area contributed by atoms with Gasteiger partial charge in [0.2, 0.25) is 0 Å². The van der Waals surface area contributed by atoms with Crippen LogP contribution in [0.3, 0.4) is 0 Å². The molecule has 0 radical (unpaired) electrons. The number of para-hydroxylation sites is 1. The van der Waals surface area contributed by atoms with E-state index in [9.17, 15) is 4.79 Å². The summed E-state index contributed by atoms with van der Waals surface area (Å²) in [4.78, 5) is 14.8. The lowest BCUT2D eigenvalue weighted by Crippen LogP contribution is -2.09. The van der Waals surface area contributed by atoms with Crippen LogP contribution in [-0.4, -0.2) is 25.8 Å². The molecule has 0 spiro atoms. The zero-order valence-electron chi connectivity index (χ0n) is 9.09. The second-order valence-electron chi connectivity index (χ2n) is 3.51. The molecule has 1 aromatic heterocycles. The maximum atomic E-state index is 10.7. The monoisotopic (exact) mass is 251 g/mol. The van der Waals surface area contributed by atoms with E-state index in [0.717, 1.165) is 0 Å². The summed E-state index contributed by atoms with van der Waals surface area (Å²) in [6.07, 6.45) is -0.188. The molecule has 2 rings (SSSR count). The Balaban J connectivity index is 2.51. The van der Waals surface area contributed by atoms with Crippen molar-refractivity contribution in [2.75, 3.05) is 0 Å². The van der Waals surface area contributed by atoms with Crippen molar-refractivity contribution in [1.29, 1.82) is 0 Å². The van der Waals surface area contributed by atoms with Gasteiger partial charge in [0.25, 0.3) is 0 Å². The van der Waals surface area contributed by atoms with Gasteiger partial charge in [0.05, 0.1) is 10.7 Å². The molecule has 0 aliphatic rings. The number of benzene rings is 1. The fourth-order valence-corrected chi connectivity index (χ4v) is 1.74. The molecule has 0 amide bonds. The van der Waals surface area contributed by atoms with E-state index in [1.165, 1.54) is 4.68 Å². The summed E-state index contributed by atoms with van der Waals surface area (Å²) in [5.41, 5.74) is 0.631. The van der Waals surface area contributed by atoms with Crippen LogP contribution in [0.15, 0.2) is 24.3 Å². The highest BCUT2D eigenvalue weighted by Gasteiger charge is 2.14. The van der Waals surface area contributed by atoms with Crippen molar-refractivity contribution < 1.29 is 9.90 Å². The number of hydrogen-bond donors (Lipinski definition) is 1. The summed E-state index contributed by atoms with van der Waals surface area (Å²) >= 11 is 6.04. The van der Waals surface area contributed by atoms with Crippen LogP contribution >= 0.6 is 11.6 Å². The van der Waals surface area contributed by atoms with Crippen molar-refractivity contribution in [2.24, 2.45) is 0 Å². The molecule has 6 heteroatoms. The first-order chi connectivity index (χ1) is 8.08. The molecular weight excluding hydrogens is 242 g/mol. The quantitative estimate of drug-likeness (QED) is 0.904. The topological polar surface area (TPSA) is 68.0 Å². The van der Waals surface area contributed by atoms with Crippen LogP contribution in [-0.2, 0) is 11.2 Å². The minimum atomic E-state index is -0.953. The van der Waals surface area contributed by atoms with E-state index in [1.54, 1.807) is 25.1 Å². The second-order valence-corrected chi connectivity index (χ2v) is 3.92. The third-order valence-electron chi connectivity index (χ3n) is 2.17. The third kappa shape index (κ3) is 2.45. The molecule has 1 N–H and O–H groups in total. The molecule has 0 bridgehead atoms. The number of halogens is 1. The van der Waals surface area contributed by atoms with E-state index in [4.69, 9.17) is 16.7 Å². The molecule has 0 atom stereocenters. The van der Waals surface area contributed by atoms with Gasteiger partial charge in [0, 0.05) is 0 Å². The molecule has 0 saturated carbocycles. The van der Waals surface area contributed by atoms with Crippen LogP contribution in [0.25, 0.3) is 5.69 Å². The first-order valence-electron chi connectivity index (χ1n) is 4.97. The van der Waals surface area contributed by atoms with E-state index in [-0.39, 0.29) is 6.42 Å². The van der Waals surface area contributed by atoms with Crippen molar-refractivity contribution in [3.8, 4) is 5.69 Å². The van der Waals surface area contributed by atoms with Crippen molar-refractivity contribution in [2.45, 2.75) is 13.3 Å². The summed E-state index contributed by atoms with van der Waals surface area (Å²) in [6.45, 7) is 1.71. The fraction of sp³-hybridized carbons (Fsp3) is 0.182. The Kier molecular flexibility index (Phi) is 3.10. The van der Waals surface area contributed by atoms with Crippen molar-refractivity contribution >= 4 is 17.6 Å². The van der Waals surface area contributed by atoms with Crippen molar-refractivity contribution in [1.82, 2.24) is 14.8 Å². The molecule has 0 fully saturated rings. The zero-order valence-corrected chi connectivity index (χ0v) is 9.85. The molecule has 0 aliphatic heterocycles. The Labute approximate surface area is 103 Å². The van der Waals surface area contributed by atoms with Crippen molar-refractivity contribution in [3.63, 3.8) is 0 Å². The second kappa shape index (κ2) is 4.55. The van der Waals surface area contributed by atoms with Crippen LogP contribution in [0, 0.1) is 6.92 Å². The standard InChI is InChI=1S/C11H10ClN3O2/c1-7-13-10(6-11(16)17)15(14-7)9-5-3-2-4-8(9)12/h2-5H,6H2,1H3,(H,16,17). The van der Waals surface area contributed by atoms with E-state index in [0.29, 0.717) is 22.4 Å². The number of rotatable bonds is 3. The SMILES string of the molecule is Cc1nc(CC(=O)O)n(-c2ccccc2Cl)n1. The van der Waals surface area contributed by atoms with Gasteiger partial charge in [-0.3, -0.25) is 4.79 Å². The first kappa shape index (κ1) is 11.6. The largest absolute Gasteiger partial charge is 0.481 e. The highest BCUT2D eigenvalue weighted by atomic mass is 35.5. The smallest absolute Gasteiger partial charge is 0.311 e. The predicted molar refractivity (Wildman–Crippen MR) is 62.4 cm³/mol. The number of carboxylic acids is 1. The van der Waals surface area contributed by atoms with E-state index < -0.39 is 5.97 Å². The lowest BCUT2D eigenvalue weighted by Gasteiger charge is -2.05. The molecule has 17 heavy (non-hydrogen) atoms. The molecular formula is C11H10ClN3O2. The average molecular weight is 252 g/mol. The maximum Gasteiger partial charge on any atom is 0.311 e. The fourth-order valence-electron chi connectivity index (χ4n) is 1.53. The molecule has 1 heterocycles. The lowest BCUT2D eigenvalue weighted by molar-refractivity contribution is -0.136. The Morgan fingerprint density at radius 1 is 1.47 bits per heavy atom. The molecule has 0 unspecified atom stereocenters. The van der Waals surface area contributed by atoms with Gasteiger partial charge in [-0.25, -0.2) is 9.67 Å². The Morgan fingerprint density at radius 2 is 2.18 bits per heavy atom. The lowest BCUT2D eigenvalue weighted by atomic mass is 10.3. The average Bonchev–Trinajstić information content (AvgIpc) is 2.59. The van der Waals surface area contributed by atoms with Crippen LogP contribution in [0.1, 0.15) is 11.6 Å². The maximum absolute atomic E-state index is 10.7. The molecule has 2 aromatic rings. The number of aromatic nitrogens is 3. The zero-order chi connectivity index (χ0) is 12.4. The summed E-state index contributed by atoms with van der Waals surface area (Å²) in [6, 6.07) is 7.09. The van der Waals surface area contributed by atoms with E-state index in [1.807, 2.05) is 6.07 Å². The van der Waals surface area contributed by atoms with Crippen LogP contribution in [0.5, 0.6) is 0 Å². The van der Waals surface area contributed by atoms with Gasteiger partial charge in [-0.15, -0.1) is 0 Å². The molecule has 0 aliphatic carbocycles. The highest BCUT2D eigenvalue weighted by molar-refractivity contribution is 6.32. The van der Waals surface area contributed by atoms with Gasteiger partial charge >= 0.3 is 5.97 Å². The summed E-state index contributed by atoms with van der Waals surface area (Å²) in [5.74, 6) is -0.0741. The number of aliphatic carboxylic acids is 1. The summed E-state index contributed by atoms with van der Waals surface area (Å²) in [5, 5.41) is 13.5. The molecule has 88 valence electrons. The summed E-state index contributed by atoms with van der Waals surface area (Å²) < 4.78 is 1.46. The Hall–Kier alpha value is -1.88. The molecule has 5 nitrogen and oxygen atoms in total. The van der Waals surface area contributed by atoms with Crippen molar-refractivity contribution in [3.05, 3.63) is 40.9 Å². The number of aryl methyl sites for hydroxylation is 1. The molecule has 0 saturated heterocycles. The minimum absolute atomic E-state index is 0.188. The van der Waals surface area contributed by atoms with Crippen LogP contribution in [0.4, 0.5) is 0 Å². The number of carbonyl (C=O) groups is 1. The van der Waals surface area contributed by atoms with Gasteiger partial charge in [0.15, 0.2) is 0 Å². The van der Waals surface area contributed by atoms with Crippen LogP contribution in [0.2, 0.25) is 5.02 Å². The van der Waals surface area contributed by atoms with Crippen LogP contribution < -0.4 is 0 Å². The van der Waals surface area contributed by atoms with Gasteiger partial charge < -0.3 is 5.11 Å². The van der Waals surface area contributed by atoms with E-state index in [2.05, 4.69) is 10.1 Å². The van der Waals surface area contributed by atoms with Gasteiger partial charge in [0.1, 0.15) is 18.1 Å². The van der Waals surface area contributed by atoms with Gasteiger partial charge in [-0.05, 0) is 19.1 Å². The predicted octanol–water partition coefficient (Wildman–Crippen LogP) is 1.86. The highest BCUT2D eigenvalue weighted by Crippen LogP contribution is 2.20. The van der Waals surface area contributed by atoms with Gasteiger partial charge in [-0.1, -0.05) is 23.7 Å². The minimum Gasteiger partial charge on any atom is -0.481 e. The number of carboxylic acid groups (broad SMARTS) is 1. The normalized spacial score (nSPS) is 10.5. The molecule has 1 aromatic carbocycles. The number of hydrogen-bond acceptors (Lipinski definition) is 3.